The van der Waals surface area contributed by atoms with Gasteiger partial charge in [0.15, 0.2) is 0 Å². The molecule has 2 aliphatic heterocycles. The van der Waals surface area contributed by atoms with Crippen LogP contribution in [0.2, 0.25) is 0 Å². The molecule has 0 radical (unpaired) electrons. The Balaban J connectivity index is 1.75. The molecule has 1 N–H and O–H groups in total. The van der Waals surface area contributed by atoms with Crippen molar-refractivity contribution in [2.24, 2.45) is 5.92 Å². The van der Waals surface area contributed by atoms with Crippen molar-refractivity contribution in [1.29, 1.82) is 0 Å². The first-order valence-corrected chi connectivity index (χ1v) is 7.93. The summed E-state index contributed by atoms with van der Waals surface area (Å²) in [5, 5.41) is 2.66. The van der Waals surface area contributed by atoms with Crippen molar-refractivity contribution >= 4 is 23.1 Å². The summed E-state index contributed by atoms with van der Waals surface area (Å²) in [6, 6.07) is 5.69. The molecule has 2 heterocycles. The highest BCUT2D eigenvalue weighted by Crippen LogP contribution is 2.31. The molecule has 1 amide bonds. The summed E-state index contributed by atoms with van der Waals surface area (Å²) in [4.78, 5) is 25.4. The average Bonchev–Trinajstić information content (AvgIpc) is 2.67. The van der Waals surface area contributed by atoms with Crippen LogP contribution in [0.25, 0.3) is 0 Å². The normalized spacial score (nSPS) is 22.0. The van der Waals surface area contributed by atoms with Crippen LogP contribution >= 0.6 is 0 Å². The predicted octanol–water partition coefficient (Wildman–Crippen LogP) is 3.23. The highest BCUT2D eigenvalue weighted by Gasteiger charge is 2.28. The Bertz CT molecular complexity index is 568. The molecule has 1 aromatic carbocycles. The standard InChI is InChI=1S/C17H22N2O2/c1-2-4-12-5-3-9-19(10-8-12)13-6-7-14-15(11-13)18-17(21)16(14)20/h6-7,11-12H,2-5,8-10H2,1H3,(H,18,20,21). The van der Waals surface area contributed by atoms with Gasteiger partial charge in [-0.25, -0.2) is 0 Å². The second kappa shape index (κ2) is 5.88. The largest absolute Gasteiger partial charge is 0.371 e. The summed E-state index contributed by atoms with van der Waals surface area (Å²) >= 11 is 0. The van der Waals surface area contributed by atoms with Crippen molar-refractivity contribution in [2.45, 2.75) is 39.0 Å². The quantitative estimate of drug-likeness (QED) is 0.868. The zero-order valence-corrected chi connectivity index (χ0v) is 12.5. The molecule has 0 bridgehead atoms. The van der Waals surface area contributed by atoms with E-state index in [0.717, 1.165) is 24.7 Å². The third-order valence-electron chi connectivity index (χ3n) is 4.61. The Kier molecular flexibility index (Phi) is 3.95. The number of ketones is 1. The van der Waals surface area contributed by atoms with Crippen LogP contribution in [0.5, 0.6) is 0 Å². The van der Waals surface area contributed by atoms with Crippen molar-refractivity contribution < 1.29 is 9.59 Å². The molecule has 4 heteroatoms. The fourth-order valence-corrected chi connectivity index (χ4v) is 3.45. The predicted molar refractivity (Wildman–Crippen MR) is 83.9 cm³/mol. The maximum absolute atomic E-state index is 11.6. The van der Waals surface area contributed by atoms with E-state index >= 15 is 0 Å². The second-order valence-electron chi connectivity index (χ2n) is 6.09. The molecule has 1 aromatic rings. The summed E-state index contributed by atoms with van der Waals surface area (Å²) in [6.45, 7) is 4.37. The number of Topliss-reactive ketones (excluding diaryl/α,β-unsaturated/α-hetero) is 1. The van der Waals surface area contributed by atoms with E-state index in [1.807, 2.05) is 12.1 Å². The van der Waals surface area contributed by atoms with E-state index in [1.165, 1.54) is 32.1 Å². The third kappa shape index (κ3) is 2.80. The maximum atomic E-state index is 11.6. The molecular formula is C17H22N2O2. The molecule has 1 atom stereocenters. The van der Waals surface area contributed by atoms with Crippen molar-refractivity contribution in [3.05, 3.63) is 23.8 Å². The fraction of sp³-hybridized carbons (Fsp3) is 0.529. The van der Waals surface area contributed by atoms with Crippen LogP contribution < -0.4 is 10.2 Å². The molecule has 1 saturated heterocycles. The van der Waals surface area contributed by atoms with Crippen molar-refractivity contribution in [3.63, 3.8) is 0 Å². The number of carbonyl (C=O) groups excluding carboxylic acids is 2. The van der Waals surface area contributed by atoms with Gasteiger partial charge < -0.3 is 10.2 Å². The number of fused-ring (bicyclic) bond motifs is 1. The van der Waals surface area contributed by atoms with Gasteiger partial charge in [-0.05, 0) is 43.4 Å². The number of nitrogens with zero attached hydrogens (tertiary/aromatic N) is 1. The number of rotatable bonds is 3. The Labute approximate surface area is 125 Å². The first-order valence-electron chi connectivity index (χ1n) is 7.93. The highest BCUT2D eigenvalue weighted by molar-refractivity contribution is 6.51. The first kappa shape index (κ1) is 14.1. The number of nitrogens with one attached hydrogen (secondary N) is 1. The molecule has 0 spiro atoms. The van der Waals surface area contributed by atoms with E-state index < -0.39 is 11.7 Å². The van der Waals surface area contributed by atoms with Gasteiger partial charge in [-0.15, -0.1) is 0 Å². The minimum atomic E-state index is -0.513. The van der Waals surface area contributed by atoms with Gasteiger partial charge in [-0.1, -0.05) is 19.8 Å². The van der Waals surface area contributed by atoms with E-state index in [0.29, 0.717) is 11.3 Å². The summed E-state index contributed by atoms with van der Waals surface area (Å²) < 4.78 is 0. The number of hydrogen-bond donors (Lipinski definition) is 1. The number of anilines is 2. The molecule has 0 saturated carbocycles. The molecule has 3 rings (SSSR count). The Morgan fingerprint density at radius 3 is 2.90 bits per heavy atom. The molecule has 0 aliphatic carbocycles. The zero-order chi connectivity index (χ0) is 14.8. The summed E-state index contributed by atoms with van der Waals surface area (Å²) in [5.74, 6) is -0.0906. The number of amides is 1. The van der Waals surface area contributed by atoms with Crippen molar-refractivity contribution in [3.8, 4) is 0 Å². The van der Waals surface area contributed by atoms with E-state index in [1.54, 1.807) is 6.07 Å². The molecule has 2 aliphatic rings. The van der Waals surface area contributed by atoms with Gasteiger partial charge in [0.1, 0.15) is 0 Å². The molecule has 112 valence electrons. The SMILES string of the molecule is CCCC1CCCN(c2ccc3c(c2)NC(=O)C3=O)CC1. The maximum Gasteiger partial charge on any atom is 0.296 e. The lowest BCUT2D eigenvalue weighted by molar-refractivity contribution is -0.112. The topological polar surface area (TPSA) is 49.4 Å². The molecule has 4 nitrogen and oxygen atoms in total. The molecule has 21 heavy (non-hydrogen) atoms. The van der Waals surface area contributed by atoms with Crippen molar-refractivity contribution in [1.82, 2.24) is 0 Å². The molecule has 1 unspecified atom stereocenters. The van der Waals surface area contributed by atoms with Crippen molar-refractivity contribution in [2.75, 3.05) is 23.3 Å². The molecular weight excluding hydrogens is 264 g/mol. The van der Waals surface area contributed by atoms with Crippen LogP contribution in [0, 0.1) is 5.92 Å². The number of carbonyl (C=O) groups is 2. The minimum Gasteiger partial charge on any atom is -0.371 e. The lowest BCUT2D eigenvalue weighted by Crippen LogP contribution is -2.24. The van der Waals surface area contributed by atoms with Gasteiger partial charge in [0.2, 0.25) is 0 Å². The van der Waals surface area contributed by atoms with Gasteiger partial charge in [0.25, 0.3) is 11.7 Å². The summed E-state index contributed by atoms with van der Waals surface area (Å²) in [7, 11) is 0. The third-order valence-corrected chi connectivity index (χ3v) is 4.61. The first-order chi connectivity index (χ1) is 10.2. The van der Waals surface area contributed by atoms with E-state index in [2.05, 4.69) is 17.1 Å². The van der Waals surface area contributed by atoms with Crippen LogP contribution in [0.15, 0.2) is 18.2 Å². The number of benzene rings is 1. The Hall–Kier alpha value is -1.84. The Morgan fingerprint density at radius 1 is 1.24 bits per heavy atom. The molecule has 0 aromatic heterocycles. The van der Waals surface area contributed by atoms with Gasteiger partial charge in [0, 0.05) is 18.8 Å². The van der Waals surface area contributed by atoms with Crippen LogP contribution in [-0.4, -0.2) is 24.8 Å². The molecule has 1 fully saturated rings. The highest BCUT2D eigenvalue weighted by atomic mass is 16.2. The van der Waals surface area contributed by atoms with E-state index in [9.17, 15) is 9.59 Å². The Morgan fingerprint density at radius 2 is 2.10 bits per heavy atom. The van der Waals surface area contributed by atoms with Gasteiger partial charge >= 0.3 is 0 Å². The summed E-state index contributed by atoms with van der Waals surface area (Å²) in [5.41, 5.74) is 2.28. The van der Waals surface area contributed by atoms with Crippen LogP contribution in [0.3, 0.4) is 0 Å². The van der Waals surface area contributed by atoms with E-state index in [-0.39, 0.29) is 0 Å². The lowest BCUT2D eigenvalue weighted by atomic mass is 9.96. The zero-order valence-electron chi connectivity index (χ0n) is 12.5. The lowest BCUT2D eigenvalue weighted by Gasteiger charge is -2.23. The second-order valence-corrected chi connectivity index (χ2v) is 6.09. The van der Waals surface area contributed by atoms with Gasteiger partial charge in [-0.3, -0.25) is 9.59 Å². The average molecular weight is 286 g/mol. The monoisotopic (exact) mass is 286 g/mol. The summed E-state index contributed by atoms with van der Waals surface area (Å²) in [6.07, 6.45) is 6.34. The van der Waals surface area contributed by atoms with Gasteiger partial charge in [-0.2, -0.15) is 0 Å². The minimum absolute atomic E-state index is 0.421. The van der Waals surface area contributed by atoms with Crippen LogP contribution in [0.4, 0.5) is 11.4 Å². The van der Waals surface area contributed by atoms with E-state index in [4.69, 9.17) is 0 Å². The smallest absolute Gasteiger partial charge is 0.296 e. The van der Waals surface area contributed by atoms with Gasteiger partial charge in [0.05, 0.1) is 11.3 Å². The van der Waals surface area contributed by atoms with Crippen LogP contribution in [0.1, 0.15) is 49.4 Å². The fourth-order valence-electron chi connectivity index (χ4n) is 3.45. The van der Waals surface area contributed by atoms with Crippen LogP contribution in [-0.2, 0) is 4.79 Å². The number of hydrogen-bond acceptors (Lipinski definition) is 3.